The molecule has 4 aromatic heterocycles. The number of para-hydroxylation sites is 1. The van der Waals surface area contributed by atoms with Gasteiger partial charge in [-0.15, -0.1) is 0 Å². The number of aromatic nitrogens is 6. The van der Waals surface area contributed by atoms with Crippen molar-refractivity contribution in [3.63, 3.8) is 0 Å². The molecule has 4 heterocycles. The van der Waals surface area contributed by atoms with Gasteiger partial charge in [-0.05, 0) is 58.3 Å². The highest BCUT2D eigenvalue weighted by atomic mass is 15.1. The smallest absolute Gasteiger partial charge is 0.182 e. The van der Waals surface area contributed by atoms with E-state index in [0.29, 0.717) is 28.9 Å². The van der Waals surface area contributed by atoms with Crippen LogP contribution >= 0.6 is 0 Å². The van der Waals surface area contributed by atoms with Gasteiger partial charge in [0, 0.05) is 39.7 Å². The maximum Gasteiger partial charge on any atom is 0.182 e. The molecule has 0 aliphatic carbocycles. The molecule has 0 saturated carbocycles. The first-order valence-corrected chi connectivity index (χ1v) is 15.8. The van der Waals surface area contributed by atoms with Crippen LogP contribution in [-0.4, -0.2) is 29.9 Å². The summed E-state index contributed by atoms with van der Waals surface area (Å²) in [7, 11) is 0. The molecule has 0 aliphatic rings. The number of fused-ring (bicyclic) bond motifs is 5. The van der Waals surface area contributed by atoms with E-state index in [9.17, 15) is 0 Å². The second-order valence-electron chi connectivity index (χ2n) is 11.6. The summed E-state index contributed by atoms with van der Waals surface area (Å²) in [4.78, 5) is 28.6. The highest BCUT2D eigenvalue weighted by Gasteiger charge is 2.16. The van der Waals surface area contributed by atoms with Crippen LogP contribution in [-0.2, 0) is 0 Å². The van der Waals surface area contributed by atoms with Crippen molar-refractivity contribution in [2.75, 3.05) is 0 Å². The molecule has 0 unspecified atom stereocenters. The third-order valence-corrected chi connectivity index (χ3v) is 8.63. The summed E-state index contributed by atoms with van der Waals surface area (Å²) in [5.41, 5.74) is 7.40. The van der Waals surface area contributed by atoms with Gasteiger partial charge in [-0.25, -0.2) is 19.9 Å². The van der Waals surface area contributed by atoms with Gasteiger partial charge < -0.3 is 0 Å². The summed E-state index contributed by atoms with van der Waals surface area (Å²) < 4.78 is 0. The maximum absolute atomic E-state index is 5.17. The molecule has 0 N–H and O–H groups in total. The number of nitrogens with zero attached hydrogens (tertiary/aromatic N) is 6. The molecule has 0 fully saturated rings. The van der Waals surface area contributed by atoms with E-state index in [4.69, 9.17) is 19.9 Å². The van der Waals surface area contributed by atoms with Gasteiger partial charge in [0.15, 0.2) is 17.5 Å². The van der Waals surface area contributed by atoms with Crippen molar-refractivity contribution in [2.45, 2.75) is 0 Å². The molecule has 224 valence electrons. The van der Waals surface area contributed by atoms with Crippen molar-refractivity contribution < 1.29 is 0 Å². The Morgan fingerprint density at radius 1 is 0.354 bits per heavy atom. The Kier molecular flexibility index (Phi) is 6.68. The first-order chi connectivity index (χ1) is 23.8. The summed E-state index contributed by atoms with van der Waals surface area (Å²) in [5.74, 6) is 1.56. The SMILES string of the molecule is c1ccc(-c2nc(-c3cccc(-c4ccc(-c5nc6ccccc6c6c5ccc5ccccc56)cc4)c3)nc(-c3ccccn3)n2)nc1. The largest absolute Gasteiger partial charge is 0.253 e. The molecule has 0 spiro atoms. The molecule has 48 heavy (non-hydrogen) atoms. The van der Waals surface area contributed by atoms with Crippen molar-refractivity contribution in [1.29, 1.82) is 0 Å². The number of pyridine rings is 3. The van der Waals surface area contributed by atoms with E-state index in [1.807, 2.05) is 48.5 Å². The molecule has 6 nitrogen and oxygen atoms in total. The molecular formula is C42H26N6. The van der Waals surface area contributed by atoms with E-state index in [-0.39, 0.29) is 0 Å². The van der Waals surface area contributed by atoms with E-state index >= 15 is 0 Å². The molecule has 0 atom stereocenters. The first kappa shape index (κ1) is 27.6. The van der Waals surface area contributed by atoms with Gasteiger partial charge in [0.2, 0.25) is 0 Å². The van der Waals surface area contributed by atoms with Crippen LogP contribution in [0.25, 0.3) is 89.3 Å². The van der Waals surface area contributed by atoms with Crippen LogP contribution < -0.4 is 0 Å². The Bertz CT molecular complexity index is 2530. The van der Waals surface area contributed by atoms with Crippen molar-refractivity contribution in [3.05, 3.63) is 158 Å². The van der Waals surface area contributed by atoms with E-state index in [1.165, 1.54) is 16.2 Å². The first-order valence-electron chi connectivity index (χ1n) is 15.8. The topological polar surface area (TPSA) is 77.3 Å². The molecule has 9 aromatic rings. The van der Waals surface area contributed by atoms with Gasteiger partial charge in [0.1, 0.15) is 11.4 Å². The van der Waals surface area contributed by atoms with E-state index in [0.717, 1.165) is 44.2 Å². The Labute approximate surface area is 276 Å². The van der Waals surface area contributed by atoms with Gasteiger partial charge in [-0.3, -0.25) is 9.97 Å². The predicted molar refractivity (Wildman–Crippen MR) is 193 cm³/mol. The van der Waals surface area contributed by atoms with Crippen LogP contribution in [0.15, 0.2) is 158 Å². The molecule has 0 bridgehead atoms. The van der Waals surface area contributed by atoms with E-state index in [2.05, 4.69) is 107 Å². The third-order valence-electron chi connectivity index (χ3n) is 8.63. The maximum atomic E-state index is 5.17. The lowest BCUT2D eigenvalue weighted by atomic mass is 9.94. The Morgan fingerprint density at radius 3 is 1.71 bits per heavy atom. The molecular weight excluding hydrogens is 589 g/mol. The van der Waals surface area contributed by atoms with Crippen LogP contribution in [0.5, 0.6) is 0 Å². The number of benzene rings is 5. The summed E-state index contributed by atoms with van der Waals surface area (Å²) in [5, 5.41) is 6.00. The van der Waals surface area contributed by atoms with Gasteiger partial charge in [0.05, 0.1) is 11.2 Å². The lowest BCUT2D eigenvalue weighted by Gasteiger charge is -2.13. The van der Waals surface area contributed by atoms with Crippen molar-refractivity contribution in [3.8, 4) is 56.8 Å². The van der Waals surface area contributed by atoms with Crippen LogP contribution in [0.4, 0.5) is 0 Å². The summed E-state index contributed by atoms with van der Waals surface area (Å²) in [6.07, 6.45) is 3.48. The van der Waals surface area contributed by atoms with Crippen LogP contribution in [0.3, 0.4) is 0 Å². The van der Waals surface area contributed by atoms with Crippen molar-refractivity contribution in [2.24, 2.45) is 0 Å². The predicted octanol–water partition coefficient (Wildman–Crippen LogP) is 9.85. The lowest BCUT2D eigenvalue weighted by molar-refractivity contribution is 1.05. The zero-order valence-electron chi connectivity index (χ0n) is 25.7. The molecule has 0 saturated heterocycles. The summed E-state index contributed by atoms with van der Waals surface area (Å²) >= 11 is 0. The van der Waals surface area contributed by atoms with Crippen LogP contribution in [0.2, 0.25) is 0 Å². The van der Waals surface area contributed by atoms with Crippen molar-refractivity contribution in [1.82, 2.24) is 29.9 Å². The quantitative estimate of drug-likeness (QED) is 0.180. The van der Waals surface area contributed by atoms with E-state index < -0.39 is 0 Å². The summed E-state index contributed by atoms with van der Waals surface area (Å²) in [6, 6.07) is 49.7. The molecule has 6 heteroatoms. The normalized spacial score (nSPS) is 11.3. The monoisotopic (exact) mass is 614 g/mol. The lowest BCUT2D eigenvalue weighted by Crippen LogP contribution is -2.01. The molecule has 0 amide bonds. The second kappa shape index (κ2) is 11.6. The van der Waals surface area contributed by atoms with Gasteiger partial charge in [-0.2, -0.15) is 0 Å². The van der Waals surface area contributed by atoms with Crippen LogP contribution in [0, 0.1) is 0 Å². The zero-order chi connectivity index (χ0) is 31.9. The minimum Gasteiger partial charge on any atom is -0.253 e. The van der Waals surface area contributed by atoms with E-state index in [1.54, 1.807) is 12.4 Å². The average molecular weight is 615 g/mol. The minimum atomic E-state index is 0.499. The second-order valence-corrected chi connectivity index (χ2v) is 11.6. The number of rotatable bonds is 5. The standard InChI is InChI=1S/C42H26N6/c1-2-13-32-28(10-1)22-23-34-38(32)33-14-3-4-15-35(33)45-39(34)29-20-18-27(19-21-29)30-11-9-12-31(26-30)40-46-41(36-16-5-7-24-43-36)48-42(47-40)37-17-6-8-25-44-37/h1-26H. The number of hydrogen-bond acceptors (Lipinski definition) is 6. The van der Waals surface area contributed by atoms with Gasteiger partial charge in [-0.1, -0.05) is 109 Å². The molecule has 5 aromatic carbocycles. The molecule has 0 aliphatic heterocycles. The third kappa shape index (κ3) is 4.93. The highest BCUT2D eigenvalue weighted by molar-refractivity contribution is 6.22. The zero-order valence-corrected chi connectivity index (χ0v) is 25.7. The minimum absolute atomic E-state index is 0.499. The Hall–Kier alpha value is -6.66. The fourth-order valence-electron chi connectivity index (χ4n) is 6.32. The highest BCUT2D eigenvalue weighted by Crippen LogP contribution is 2.37. The van der Waals surface area contributed by atoms with Gasteiger partial charge >= 0.3 is 0 Å². The Balaban J connectivity index is 1.13. The molecule has 0 radical (unpaired) electrons. The average Bonchev–Trinajstić information content (AvgIpc) is 3.18. The fourth-order valence-corrected chi connectivity index (χ4v) is 6.32. The summed E-state index contributed by atoms with van der Waals surface area (Å²) in [6.45, 7) is 0. The number of hydrogen-bond donors (Lipinski definition) is 0. The van der Waals surface area contributed by atoms with Gasteiger partial charge in [0.25, 0.3) is 0 Å². The van der Waals surface area contributed by atoms with Crippen LogP contribution in [0.1, 0.15) is 0 Å². The Morgan fingerprint density at radius 2 is 0.979 bits per heavy atom. The fraction of sp³-hybridized carbons (Fsp3) is 0. The van der Waals surface area contributed by atoms with Crippen molar-refractivity contribution >= 4 is 32.4 Å². The molecule has 9 rings (SSSR count).